The van der Waals surface area contributed by atoms with Gasteiger partial charge in [-0.05, 0) is 49.2 Å². The van der Waals surface area contributed by atoms with E-state index in [1.807, 2.05) is 29.6 Å². The molecule has 0 saturated heterocycles. The number of nitrogen functional groups attached to an aromatic ring is 1. The molecule has 10 nitrogen and oxygen atoms in total. The van der Waals surface area contributed by atoms with Crippen LogP contribution >= 0.6 is 59.5 Å². The quantitative estimate of drug-likeness (QED) is 0.0747. The first-order chi connectivity index (χ1) is 21.3. The number of benzene rings is 2. The number of hydrogen-bond acceptors (Lipinski definition) is 12. The number of ether oxygens (including phenoxy) is 2. The Morgan fingerprint density at radius 2 is 1.65 bits per heavy atom. The van der Waals surface area contributed by atoms with Crippen LogP contribution in [0.25, 0.3) is 21.7 Å². The van der Waals surface area contributed by atoms with Gasteiger partial charge < -0.3 is 26.7 Å². The van der Waals surface area contributed by atoms with E-state index in [0.29, 0.717) is 45.6 Å². The van der Waals surface area contributed by atoms with Crippen LogP contribution in [0.2, 0.25) is 5.02 Å². The van der Waals surface area contributed by atoms with E-state index in [-0.39, 0.29) is 55.0 Å². The number of nitrogens with two attached hydrogens (primary N) is 3. The highest BCUT2D eigenvalue weighted by molar-refractivity contribution is 7.98. The summed E-state index contributed by atoms with van der Waals surface area (Å²) in [6, 6.07) is 17.9. The number of thiazole rings is 1. The van der Waals surface area contributed by atoms with Crippen LogP contribution in [-0.2, 0) is 15.3 Å². The topological polar surface area (TPSA) is 187 Å². The lowest BCUT2D eigenvalue weighted by atomic mass is 9.97. The predicted molar refractivity (Wildman–Crippen MR) is 187 cm³/mol. The highest BCUT2D eigenvalue weighted by atomic mass is 35.5. The standard InChI is InChI=1S/C31H30ClN7O3S2.2ClH/c32-21-8-4-20(5-9-21)29-38-22(17-43-29)18-44-30-25(16-35)27(24(15-34)28(37)39-30)19-6-10-23(11-7-19)41-13-14-42-31(40)26(36)3-1-2-12-33;;/h4-11,17,26H,1-3,12-14,18,33,36H2,(H2,37,39);2*1H/t26-;;/m0../s1. The van der Waals surface area contributed by atoms with Crippen molar-refractivity contribution < 1.29 is 14.3 Å². The van der Waals surface area contributed by atoms with E-state index in [1.165, 1.54) is 23.1 Å². The second kappa shape index (κ2) is 19.2. The van der Waals surface area contributed by atoms with E-state index in [9.17, 15) is 15.3 Å². The Morgan fingerprint density at radius 1 is 0.978 bits per heavy atom. The van der Waals surface area contributed by atoms with Gasteiger partial charge in [-0.3, -0.25) is 4.79 Å². The third-order valence-corrected chi connectivity index (χ3v) is 8.63. The van der Waals surface area contributed by atoms with Crippen molar-refractivity contribution >= 4 is 71.3 Å². The largest absolute Gasteiger partial charge is 0.490 e. The fourth-order valence-corrected chi connectivity index (χ4v) is 6.13. The van der Waals surface area contributed by atoms with Crippen molar-refractivity contribution in [3.05, 3.63) is 75.8 Å². The SMILES string of the molecule is Cl.Cl.N#Cc1c(N)nc(SCc2csc(-c3ccc(Cl)cc3)n2)c(C#N)c1-c1ccc(OCCOC(=O)[C@@H](N)CCCCN)cc1. The number of nitriles is 2. The zero-order valence-electron chi connectivity index (χ0n) is 24.5. The molecule has 2 aromatic heterocycles. The molecule has 4 rings (SSSR count). The fourth-order valence-electron chi connectivity index (χ4n) is 4.18. The Bertz CT molecular complexity index is 1680. The van der Waals surface area contributed by atoms with Crippen molar-refractivity contribution in [3.63, 3.8) is 0 Å². The lowest BCUT2D eigenvalue weighted by Crippen LogP contribution is -2.33. The molecule has 0 aliphatic carbocycles. The molecule has 0 bridgehead atoms. The molecule has 0 aliphatic rings. The highest BCUT2D eigenvalue weighted by Crippen LogP contribution is 2.37. The summed E-state index contributed by atoms with van der Waals surface area (Å²) >= 11 is 8.83. The number of aromatic nitrogens is 2. The normalized spacial score (nSPS) is 10.9. The van der Waals surface area contributed by atoms with Crippen molar-refractivity contribution in [1.82, 2.24) is 9.97 Å². The number of unbranched alkanes of at least 4 members (excludes halogenated alkanes) is 1. The number of hydrogen-bond donors (Lipinski definition) is 3. The van der Waals surface area contributed by atoms with Crippen LogP contribution in [0.1, 0.15) is 36.1 Å². The molecule has 0 amide bonds. The summed E-state index contributed by atoms with van der Waals surface area (Å²) in [5.74, 6) is 0.528. The predicted octanol–water partition coefficient (Wildman–Crippen LogP) is 6.37. The number of nitrogens with zero attached hydrogens (tertiary/aromatic N) is 4. The first-order valence-electron chi connectivity index (χ1n) is 13.7. The number of halogens is 3. The number of carbonyl (C=O) groups excluding carboxylic acids is 1. The highest BCUT2D eigenvalue weighted by Gasteiger charge is 2.21. The molecule has 0 unspecified atom stereocenters. The second-order valence-electron chi connectivity index (χ2n) is 9.52. The Balaban J connectivity index is 0.00000368. The molecule has 4 aromatic rings. The third-order valence-electron chi connectivity index (χ3n) is 6.43. The van der Waals surface area contributed by atoms with Crippen LogP contribution < -0.4 is 21.9 Å². The van der Waals surface area contributed by atoms with Crippen LogP contribution in [0.3, 0.4) is 0 Å². The van der Waals surface area contributed by atoms with Crippen LogP contribution in [0.5, 0.6) is 5.75 Å². The molecule has 2 aromatic carbocycles. The van der Waals surface area contributed by atoms with Gasteiger partial charge in [0.2, 0.25) is 0 Å². The van der Waals surface area contributed by atoms with Crippen molar-refractivity contribution in [2.75, 3.05) is 25.5 Å². The van der Waals surface area contributed by atoms with Crippen molar-refractivity contribution in [1.29, 1.82) is 10.5 Å². The van der Waals surface area contributed by atoms with Gasteiger partial charge in [0.25, 0.3) is 0 Å². The number of carbonyl (C=O) groups is 1. The van der Waals surface area contributed by atoms with Gasteiger partial charge in [-0.25, -0.2) is 9.97 Å². The van der Waals surface area contributed by atoms with Gasteiger partial charge in [0.15, 0.2) is 0 Å². The average Bonchev–Trinajstić information content (AvgIpc) is 3.51. The van der Waals surface area contributed by atoms with E-state index in [0.717, 1.165) is 29.1 Å². The summed E-state index contributed by atoms with van der Waals surface area (Å²) in [6.45, 7) is 0.732. The molecule has 0 fully saturated rings. The van der Waals surface area contributed by atoms with Gasteiger partial charge in [-0.1, -0.05) is 54.0 Å². The Morgan fingerprint density at radius 3 is 2.30 bits per heavy atom. The molecule has 1 atom stereocenters. The number of esters is 1. The van der Waals surface area contributed by atoms with E-state index < -0.39 is 12.0 Å². The number of pyridine rings is 1. The van der Waals surface area contributed by atoms with Crippen LogP contribution in [-0.4, -0.2) is 41.7 Å². The lowest BCUT2D eigenvalue weighted by molar-refractivity contribution is -0.146. The van der Waals surface area contributed by atoms with Gasteiger partial charge in [0, 0.05) is 27.3 Å². The molecular formula is C31H32Cl3N7O3S2. The minimum atomic E-state index is -0.686. The van der Waals surface area contributed by atoms with Gasteiger partial charge >= 0.3 is 5.97 Å². The van der Waals surface area contributed by atoms with Crippen LogP contribution in [0, 0.1) is 22.7 Å². The van der Waals surface area contributed by atoms with Crippen molar-refractivity contribution in [2.45, 2.75) is 36.1 Å². The molecule has 242 valence electrons. The monoisotopic (exact) mass is 719 g/mol. The second-order valence-corrected chi connectivity index (χ2v) is 11.8. The molecule has 2 heterocycles. The van der Waals surface area contributed by atoms with E-state index in [2.05, 4.69) is 17.1 Å². The summed E-state index contributed by atoms with van der Waals surface area (Å²) in [5.41, 5.74) is 20.6. The number of anilines is 1. The zero-order valence-corrected chi connectivity index (χ0v) is 28.5. The average molecular weight is 721 g/mol. The number of thioether (sulfide) groups is 1. The minimum absolute atomic E-state index is 0. The molecule has 15 heteroatoms. The first kappa shape index (κ1) is 38.6. The van der Waals surface area contributed by atoms with E-state index >= 15 is 0 Å². The summed E-state index contributed by atoms with van der Waals surface area (Å²) in [7, 11) is 0. The van der Waals surface area contributed by atoms with Crippen molar-refractivity contribution in [3.8, 4) is 39.6 Å². The number of rotatable bonds is 14. The molecular weight excluding hydrogens is 689 g/mol. The van der Waals surface area contributed by atoms with Gasteiger partial charge in [0.05, 0.1) is 11.3 Å². The summed E-state index contributed by atoms with van der Waals surface area (Å²) < 4.78 is 10.9. The maximum Gasteiger partial charge on any atom is 0.323 e. The summed E-state index contributed by atoms with van der Waals surface area (Å²) in [4.78, 5) is 21.1. The zero-order chi connectivity index (χ0) is 31.5. The Kier molecular flexibility index (Phi) is 16.1. The maximum atomic E-state index is 12.0. The van der Waals surface area contributed by atoms with E-state index in [1.54, 1.807) is 24.3 Å². The van der Waals surface area contributed by atoms with Crippen molar-refractivity contribution in [2.24, 2.45) is 11.5 Å². The fraction of sp³-hybridized carbons (Fsp3) is 0.258. The smallest absolute Gasteiger partial charge is 0.323 e. The first-order valence-corrected chi connectivity index (χ1v) is 15.9. The molecule has 46 heavy (non-hydrogen) atoms. The minimum Gasteiger partial charge on any atom is -0.490 e. The lowest BCUT2D eigenvalue weighted by Gasteiger charge is -2.14. The maximum absolute atomic E-state index is 12.0. The van der Waals surface area contributed by atoms with Gasteiger partial charge in [0.1, 0.15) is 58.6 Å². The molecule has 0 spiro atoms. The third kappa shape index (κ3) is 10.2. The van der Waals surface area contributed by atoms with Crippen LogP contribution in [0.4, 0.5) is 5.82 Å². The van der Waals surface area contributed by atoms with Crippen LogP contribution in [0.15, 0.2) is 58.9 Å². The summed E-state index contributed by atoms with van der Waals surface area (Å²) in [6.07, 6.45) is 2.08. The molecule has 0 saturated carbocycles. The Hall–Kier alpha value is -3.59. The molecule has 0 radical (unpaired) electrons. The summed E-state index contributed by atoms with van der Waals surface area (Å²) in [5, 5.41) is 23.9. The molecule has 0 aliphatic heterocycles. The van der Waals surface area contributed by atoms with Gasteiger partial charge in [-0.2, -0.15) is 10.5 Å². The molecule has 6 N–H and O–H groups in total. The van der Waals surface area contributed by atoms with E-state index in [4.69, 9.17) is 43.3 Å². The Labute approximate surface area is 293 Å². The van der Waals surface area contributed by atoms with Gasteiger partial charge in [-0.15, -0.1) is 36.2 Å².